The number of carboxylic acid groups (broad SMARTS) is 1. The molecule has 1 atom stereocenters. The number of carboxylic acids is 1. The van der Waals surface area contributed by atoms with Crippen LogP contribution in [0.3, 0.4) is 0 Å². The first-order valence-corrected chi connectivity index (χ1v) is 7.24. The molecule has 0 bridgehead atoms. The van der Waals surface area contributed by atoms with Crippen LogP contribution in [0.2, 0.25) is 0 Å². The largest absolute Gasteiger partial charge is 0.481 e. The Morgan fingerprint density at radius 1 is 1.30 bits per heavy atom. The number of carbonyl (C=O) groups excluding carboxylic acids is 2. The molecular weight excluding hydrogens is 304 g/mol. The molecule has 0 spiro atoms. The number of anilines is 1. The Labute approximate surface area is 132 Å². The van der Waals surface area contributed by atoms with Gasteiger partial charge in [0.2, 0.25) is 18.6 Å². The maximum Gasteiger partial charge on any atom is 0.305 e. The Morgan fingerprint density at radius 2 is 2.09 bits per heavy atom. The molecule has 8 nitrogen and oxygen atoms in total. The number of fused-ring (bicyclic) bond motifs is 1. The van der Waals surface area contributed by atoms with Crippen molar-refractivity contribution in [2.75, 3.05) is 24.8 Å². The van der Waals surface area contributed by atoms with Crippen molar-refractivity contribution in [1.29, 1.82) is 0 Å². The van der Waals surface area contributed by atoms with Gasteiger partial charge >= 0.3 is 5.97 Å². The lowest BCUT2D eigenvalue weighted by atomic mass is 10.1. The van der Waals surface area contributed by atoms with E-state index in [0.29, 0.717) is 17.2 Å². The average molecular weight is 320 g/mol. The normalized spacial score (nSPS) is 19.0. The van der Waals surface area contributed by atoms with E-state index in [4.69, 9.17) is 14.6 Å². The molecule has 0 radical (unpaired) electrons. The van der Waals surface area contributed by atoms with E-state index >= 15 is 0 Å². The molecule has 2 N–H and O–H groups in total. The maximum absolute atomic E-state index is 12.2. The molecule has 122 valence electrons. The van der Waals surface area contributed by atoms with Crippen LogP contribution >= 0.6 is 0 Å². The van der Waals surface area contributed by atoms with E-state index in [-0.39, 0.29) is 44.5 Å². The van der Waals surface area contributed by atoms with E-state index in [1.54, 1.807) is 18.2 Å². The number of hydrogen-bond donors (Lipinski definition) is 2. The maximum atomic E-state index is 12.2. The number of benzene rings is 1. The summed E-state index contributed by atoms with van der Waals surface area (Å²) in [6.07, 6.45) is -0.0361. The number of nitrogens with one attached hydrogen (secondary N) is 1. The number of rotatable bonds is 5. The highest BCUT2D eigenvalue weighted by Crippen LogP contribution is 2.37. The molecule has 1 aromatic carbocycles. The van der Waals surface area contributed by atoms with Crippen LogP contribution in [0.5, 0.6) is 11.5 Å². The van der Waals surface area contributed by atoms with Gasteiger partial charge in [0.1, 0.15) is 0 Å². The number of aliphatic carboxylic acids is 1. The molecule has 1 unspecified atom stereocenters. The fourth-order valence-corrected chi connectivity index (χ4v) is 2.62. The highest BCUT2D eigenvalue weighted by Gasteiger charge is 2.35. The van der Waals surface area contributed by atoms with E-state index in [2.05, 4.69) is 5.32 Å². The molecule has 1 fully saturated rings. The fraction of sp³-hybridized carbons (Fsp3) is 0.400. The molecular formula is C15H16N2O6. The minimum absolute atomic E-state index is 0.0584. The van der Waals surface area contributed by atoms with Crippen molar-refractivity contribution in [1.82, 2.24) is 5.32 Å². The van der Waals surface area contributed by atoms with Crippen molar-refractivity contribution in [2.45, 2.75) is 12.8 Å². The van der Waals surface area contributed by atoms with Crippen molar-refractivity contribution in [3.05, 3.63) is 18.2 Å². The molecule has 1 saturated heterocycles. The van der Waals surface area contributed by atoms with Gasteiger partial charge in [-0.25, -0.2) is 0 Å². The molecule has 2 amide bonds. The monoisotopic (exact) mass is 320 g/mol. The Kier molecular flexibility index (Phi) is 4.05. The summed E-state index contributed by atoms with van der Waals surface area (Å²) in [6, 6.07) is 5.19. The fourth-order valence-electron chi connectivity index (χ4n) is 2.62. The summed E-state index contributed by atoms with van der Waals surface area (Å²) in [4.78, 5) is 36.1. The van der Waals surface area contributed by atoms with E-state index in [1.165, 1.54) is 4.90 Å². The van der Waals surface area contributed by atoms with Gasteiger partial charge in [0.25, 0.3) is 0 Å². The van der Waals surface area contributed by atoms with Gasteiger partial charge in [-0.15, -0.1) is 0 Å². The smallest absolute Gasteiger partial charge is 0.305 e. The van der Waals surface area contributed by atoms with Crippen LogP contribution in [-0.2, 0) is 14.4 Å². The van der Waals surface area contributed by atoms with Gasteiger partial charge < -0.3 is 24.8 Å². The second kappa shape index (κ2) is 6.15. The minimum Gasteiger partial charge on any atom is -0.481 e. The van der Waals surface area contributed by atoms with E-state index < -0.39 is 11.9 Å². The second-order valence-electron chi connectivity index (χ2n) is 5.38. The van der Waals surface area contributed by atoms with Crippen molar-refractivity contribution < 1.29 is 29.0 Å². The molecule has 0 aromatic heterocycles. The lowest BCUT2D eigenvalue weighted by Crippen LogP contribution is -2.34. The van der Waals surface area contributed by atoms with E-state index in [1.807, 2.05) is 0 Å². The third kappa shape index (κ3) is 3.20. The predicted octanol–water partition coefficient (Wildman–Crippen LogP) is 0.359. The summed E-state index contributed by atoms with van der Waals surface area (Å²) in [5.74, 6) is -0.713. The third-order valence-corrected chi connectivity index (χ3v) is 3.80. The van der Waals surface area contributed by atoms with Crippen LogP contribution in [0.1, 0.15) is 12.8 Å². The number of nitrogens with zero attached hydrogens (tertiary/aromatic N) is 1. The van der Waals surface area contributed by atoms with Gasteiger partial charge in [-0.1, -0.05) is 0 Å². The average Bonchev–Trinajstić information content (AvgIpc) is 3.12. The number of ether oxygens (including phenoxy) is 2. The zero-order valence-corrected chi connectivity index (χ0v) is 12.3. The SMILES string of the molecule is O=C(O)CCNC(=O)C1CC(=O)N(c2ccc3c(c2)OCO3)C1. The lowest BCUT2D eigenvalue weighted by Gasteiger charge is -2.17. The van der Waals surface area contributed by atoms with Crippen molar-refractivity contribution in [3.8, 4) is 11.5 Å². The lowest BCUT2D eigenvalue weighted by molar-refractivity contribution is -0.137. The standard InChI is InChI=1S/C15H16N2O6/c18-13-5-9(15(21)16-4-3-14(19)20)7-17(13)10-1-2-11-12(6-10)23-8-22-11/h1-2,6,9H,3-5,7-8H2,(H,16,21)(H,19,20). The van der Waals surface area contributed by atoms with Gasteiger partial charge in [-0.2, -0.15) is 0 Å². The summed E-state index contributed by atoms with van der Waals surface area (Å²) in [6.45, 7) is 0.474. The van der Waals surface area contributed by atoms with Crippen molar-refractivity contribution >= 4 is 23.5 Å². The highest BCUT2D eigenvalue weighted by molar-refractivity contribution is 6.00. The topological polar surface area (TPSA) is 105 Å². The highest BCUT2D eigenvalue weighted by atomic mass is 16.7. The zero-order valence-electron chi connectivity index (χ0n) is 12.3. The van der Waals surface area contributed by atoms with E-state index in [0.717, 1.165) is 0 Å². The van der Waals surface area contributed by atoms with Gasteiger partial charge in [-0.05, 0) is 12.1 Å². The zero-order chi connectivity index (χ0) is 16.4. The molecule has 2 aliphatic heterocycles. The number of hydrogen-bond acceptors (Lipinski definition) is 5. The quantitative estimate of drug-likeness (QED) is 0.811. The first-order valence-electron chi connectivity index (χ1n) is 7.24. The van der Waals surface area contributed by atoms with Gasteiger partial charge in [0.15, 0.2) is 11.5 Å². The summed E-state index contributed by atoms with van der Waals surface area (Å²) in [5.41, 5.74) is 0.653. The van der Waals surface area contributed by atoms with Gasteiger partial charge in [0, 0.05) is 31.3 Å². The summed E-state index contributed by atoms with van der Waals surface area (Å²) in [5, 5.41) is 11.1. The van der Waals surface area contributed by atoms with Crippen LogP contribution in [0.15, 0.2) is 18.2 Å². The van der Waals surface area contributed by atoms with Gasteiger partial charge in [-0.3, -0.25) is 14.4 Å². The van der Waals surface area contributed by atoms with Crippen molar-refractivity contribution in [2.24, 2.45) is 5.92 Å². The Balaban J connectivity index is 1.63. The number of carbonyl (C=O) groups is 3. The predicted molar refractivity (Wildman–Crippen MR) is 78.3 cm³/mol. The van der Waals surface area contributed by atoms with E-state index in [9.17, 15) is 14.4 Å². The molecule has 3 rings (SSSR count). The Hall–Kier alpha value is -2.77. The molecule has 1 aromatic rings. The Bertz CT molecular complexity index is 659. The van der Waals surface area contributed by atoms with Gasteiger partial charge in [0.05, 0.1) is 12.3 Å². The molecule has 0 aliphatic carbocycles. The Morgan fingerprint density at radius 3 is 2.87 bits per heavy atom. The molecule has 8 heteroatoms. The van der Waals surface area contributed by atoms with Crippen LogP contribution in [0.4, 0.5) is 5.69 Å². The summed E-state index contributed by atoms with van der Waals surface area (Å²) >= 11 is 0. The van der Waals surface area contributed by atoms with Crippen LogP contribution in [0.25, 0.3) is 0 Å². The molecule has 0 saturated carbocycles. The third-order valence-electron chi connectivity index (χ3n) is 3.80. The van der Waals surface area contributed by atoms with Crippen LogP contribution < -0.4 is 19.7 Å². The minimum atomic E-state index is -0.977. The summed E-state index contributed by atoms with van der Waals surface area (Å²) < 4.78 is 10.5. The molecule has 2 aliphatic rings. The van der Waals surface area contributed by atoms with Crippen LogP contribution in [0, 0.1) is 5.92 Å². The van der Waals surface area contributed by atoms with Crippen molar-refractivity contribution in [3.63, 3.8) is 0 Å². The molecule has 2 heterocycles. The van der Waals surface area contributed by atoms with Crippen LogP contribution in [-0.4, -0.2) is 42.8 Å². The first kappa shape index (κ1) is 15.1. The number of amides is 2. The first-order chi connectivity index (χ1) is 11.0. The molecule has 23 heavy (non-hydrogen) atoms. The summed E-state index contributed by atoms with van der Waals surface area (Å²) in [7, 11) is 0. The second-order valence-corrected chi connectivity index (χ2v) is 5.38.